The maximum Gasteiger partial charge on any atom is 0.325 e. The van der Waals surface area contributed by atoms with E-state index in [2.05, 4.69) is 10.6 Å². The van der Waals surface area contributed by atoms with Crippen molar-refractivity contribution in [2.45, 2.75) is 17.4 Å². The number of hydrogen-bond acceptors (Lipinski definition) is 6. The van der Waals surface area contributed by atoms with Gasteiger partial charge in [-0.3, -0.25) is 14.5 Å². The summed E-state index contributed by atoms with van der Waals surface area (Å²) in [6, 6.07) is 18.3. The van der Waals surface area contributed by atoms with E-state index in [9.17, 15) is 22.8 Å². The molecule has 0 spiro atoms. The number of anilines is 1. The van der Waals surface area contributed by atoms with Crippen molar-refractivity contribution in [1.82, 2.24) is 14.5 Å². The Bertz CT molecular complexity index is 1480. The smallest absolute Gasteiger partial charge is 0.325 e. The molecule has 10 nitrogen and oxygen atoms in total. The van der Waals surface area contributed by atoms with Crippen molar-refractivity contribution in [3.8, 4) is 0 Å². The Morgan fingerprint density at radius 3 is 2.38 bits per heavy atom. The first kappa shape index (κ1) is 24.9. The molecule has 2 N–H and O–H groups in total. The zero-order valence-electron chi connectivity index (χ0n) is 20.1. The lowest BCUT2D eigenvalue weighted by molar-refractivity contribution is -0.133. The molecule has 2 saturated heterocycles. The predicted octanol–water partition coefficient (Wildman–Crippen LogP) is 2.27. The fraction of sp³-hybridized carbons (Fsp3) is 0.269. The van der Waals surface area contributed by atoms with Crippen LogP contribution in [0.2, 0.25) is 0 Å². The molecule has 2 aliphatic rings. The molecule has 2 aliphatic heterocycles. The molecule has 2 fully saturated rings. The van der Waals surface area contributed by atoms with Gasteiger partial charge in [0.15, 0.2) is 0 Å². The number of morpholine rings is 1. The number of ether oxygens (including phenoxy) is 1. The summed E-state index contributed by atoms with van der Waals surface area (Å²) < 4.78 is 32.1. The fourth-order valence-corrected chi connectivity index (χ4v) is 5.93. The molecule has 0 aromatic heterocycles. The van der Waals surface area contributed by atoms with Gasteiger partial charge in [-0.05, 0) is 53.6 Å². The van der Waals surface area contributed by atoms with E-state index in [1.165, 1.54) is 28.6 Å². The molecular weight excluding hydrogens is 496 g/mol. The first-order valence-corrected chi connectivity index (χ1v) is 13.2. The molecule has 1 atom stereocenters. The number of nitrogens with one attached hydrogen (secondary N) is 2. The first-order valence-electron chi connectivity index (χ1n) is 11.8. The molecule has 0 bridgehead atoms. The lowest BCUT2D eigenvalue weighted by Crippen LogP contribution is -2.42. The molecule has 3 aromatic carbocycles. The van der Waals surface area contributed by atoms with E-state index >= 15 is 0 Å². The minimum absolute atomic E-state index is 0.104. The Balaban J connectivity index is 1.26. The van der Waals surface area contributed by atoms with Crippen LogP contribution in [-0.4, -0.2) is 68.3 Å². The molecule has 0 radical (unpaired) electrons. The van der Waals surface area contributed by atoms with Gasteiger partial charge in [-0.2, -0.15) is 4.31 Å². The highest BCUT2D eigenvalue weighted by Crippen LogP contribution is 2.31. The minimum Gasteiger partial charge on any atom is -0.379 e. The van der Waals surface area contributed by atoms with Gasteiger partial charge >= 0.3 is 6.03 Å². The van der Waals surface area contributed by atoms with Crippen LogP contribution in [0.5, 0.6) is 0 Å². The summed E-state index contributed by atoms with van der Waals surface area (Å²) in [6.07, 6.45) is 0. The maximum atomic E-state index is 13.2. The maximum absolute atomic E-state index is 13.2. The van der Waals surface area contributed by atoms with E-state index in [0.717, 1.165) is 15.7 Å². The first-order chi connectivity index (χ1) is 17.7. The molecule has 192 valence electrons. The van der Waals surface area contributed by atoms with Crippen LogP contribution in [0.3, 0.4) is 0 Å². The van der Waals surface area contributed by atoms with Crippen molar-refractivity contribution in [1.29, 1.82) is 0 Å². The molecule has 11 heteroatoms. The number of sulfonamides is 1. The van der Waals surface area contributed by atoms with Gasteiger partial charge in [-0.1, -0.05) is 36.4 Å². The zero-order chi connectivity index (χ0) is 26.2. The normalized spacial score (nSPS) is 20.7. The molecular formula is C26H26N4O6S. The Hall–Kier alpha value is -3.80. The zero-order valence-corrected chi connectivity index (χ0v) is 21.0. The van der Waals surface area contributed by atoms with Crippen LogP contribution in [0.15, 0.2) is 71.6 Å². The Morgan fingerprint density at radius 1 is 1.00 bits per heavy atom. The third-order valence-electron chi connectivity index (χ3n) is 6.65. The third kappa shape index (κ3) is 4.68. The number of benzene rings is 3. The Morgan fingerprint density at radius 2 is 1.68 bits per heavy atom. The molecule has 3 aromatic rings. The van der Waals surface area contributed by atoms with Gasteiger partial charge in [-0.25, -0.2) is 13.2 Å². The van der Waals surface area contributed by atoms with E-state index in [1.807, 2.05) is 36.4 Å². The van der Waals surface area contributed by atoms with Gasteiger partial charge in [0, 0.05) is 18.8 Å². The highest BCUT2D eigenvalue weighted by atomic mass is 32.2. The minimum atomic E-state index is -3.66. The van der Waals surface area contributed by atoms with Gasteiger partial charge in [0.2, 0.25) is 15.9 Å². The summed E-state index contributed by atoms with van der Waals surface area (Å²) in [4.78, 5) is 39.6. The van der Waals surface area contributed by atoms with Gasteiger partial charge in [0.05, 0.1) is 18.1 Å². The van der Waals surface area contributed by atoms with Crippen molar-refractivity contribution in [3.05, 3.63) is 72.3 Å². The van der Waals surface area contributed by atoms with Crippen LogP contribution in [0.4, 0.5) is 10.5 Å². The van der Waals surface area contributed by atoms with Crippen molar-refractivity contribution < 1.29 is 27.5 Å². The SMILES string of the molecule is C[C@]1(c2ccc3ccccc3c2)NC(=O)N(CC(=O)Nc2ccc(S(=O)(=O)N3CCOCC3)cc2)C1=O. The fourth-order valence-electron chi connectivity index (χ4n) is 4.53. The number of imide groups is 1. The van der Waals surface area contributed by atoms with Crippen molar-refractivity contribution in [3.63, 3.8) is 0 Å². The summed E-state index contributed by atoms with van der Waals surface area (Å²) in [5.74, 6) is -1.12. The topological polar surface area (TPSA) is 125 Å². The number of hydrogen-bond donors (Lipinski definition) is 2. The molecule has 0 unspecified atom stereocenters. The summed E-state index contributed by atoms with van der Waals surface area (Å²) in [5.41, 5.74) is -0.350. The van der Waals surface area contributed by atoms with Crippen LogP contribution in [-0.2, 0) is 29.9 Å². The average Bonchev–Trinajstić information content (AvgIpc) is 3.13. The van der Waals surface area contributed by atoms with Gasteiger partial charge in [-0.15, -0.1) is 0 Å². The van der Waals surface area contributed by atoms with E-state index in [-0.39, 0.29) is 18.0 Å². The van der Waals surface area contributed by atoms with E-state index in [4.69, 9.17) is 4.74 Å². The van der Waals surface area contributed by atoms with Crippen LogP contribution < -0.4 is 10.6 Å². The molecule has 0 aliphatic carbocycles. The summed E-state index contributed by atoms with van der Waals surface area (Å²) >= 11 is 0. The van der Waals surface area contributed by atoms with Gasteiger partial charge < -0.3 is 15.4 Å². The summed E-state index contributed by atoms with van der Waals surface area (Å²) in [5, 5.41) is 7.27. The second-order valence-electron chi connectivity index (χ2n) is 9.10. The largest absolute Gasteiger partial charge is 0.379 e. The van der Waals surface area contributed by atoms with Crippen LogP contribution in [0.25, 0.3) is 10.8 Å². The van der Waals surface area contributed by atoms with Gasteiger partial charge in [0.25, 0.3) is 5.91 Å². The second kappa shape index (κ2) is 9.58. The highest BCUT2D eigenvalue weighted by molar-refractivity contribution is 7.89. The standard InChI is InChI=1S/C26H26N4O6S/c1-26(20-7-6-18-4-2-3-5-19(18)16-20)24(32)30(25(33)28-26)17-23(31)27-21-8-10-22(11-9-21)37(34,35)29-12-14-36-15-13-29/h2-11,16H,12-15,17H2,1H3,(H,27,31)(H,28,33)/t26-/m1/s1. The quantitative estimate of drug-likeness (QED) is 0.479. The molecule has 2 heterocycles. The molecule has 37 heavy (non-hydrogen) atoms. The monoisotopic (exact) mass is 522 g/mol. The lowest BCUT2D eigenvalue weighted by Gasteiger charge is -2.26. The predicted molar refractivity (Wildman–Crippen MR) is 136 cm³/mol. The second-order valence-corrected chi connectivity index (χ2v) is 11.0. The number of carbonyl (C=O) groups excluding carboxylic acids is 3. The molecule has 5 rings (SSSR count). The third-order valence-corrected chi connectivity index (χ3v) is 8.56. The van der Waals surface area contributed by atoms with E-state index in [1.54, 1.807) is 13.0 Å². The average molecular weight is 523 g/mol. The van der Waals surface area contributed by atoms with Crippen molar-refractivity contribution in [2.24, 2.45) is 0 Å². The van der Waals surface area contributed by atoms with Crippen molar-refractivity contribution in [2.75, 3.05) is 38.2 Å². The number of carbonyl (C=O) groups is 3. The summed E-state index contributed by atoms with van der Waals surface area (Å²) in [6.45, 7) is 2.38. The highest BCUT2D eigenvalue weighted by Gasteiger charge is 2.49. The summed E-state index contributed by atoms with van der Waals surface area (Å²) in [7, 11) is -3.66. The Kier molecular flexibility index (Phi) is 6.44. The van der Waals surface area contributed by atoms with Crippen LogP contribution >= 0.6 is 0 Å². The number of urea groups is 1. The molecule has 0 saturated carbocycles. The van der Waals surface area contributed by atoms with E-state index < -0.39 is 40.0 Å². The number of fused-ring (bicyclic) bond motifs is 1. The van der Waals surface area contributed by atoms with Crippen LogP contribution in [0, 0.1) is 0 Å². The lowest BCUT2D eigenvalue weighted by atomic mass is 9.90. The van der Waals surface area contributed by atoms with Crippen molar-refractivity contribution >= 4 is 44.3 Å². The molecule has 4 amide bonds. The van der Waals surface area contributed by atoms with Gasteiger partial charge in [0.1, 0.15) is 12.1 Å². The van der Waals surface area contributed by atoms with E-state index in [0.29, 0.717) is 24.5 Å². The number of nitrogens with zero attached hydrogens (tertiary/aromatic N) is 2. The Labute approximate surface area is 214 Å². The number of rotatable bonds is 6. The number of amides is 4. The van der Waals surface area contributed by atoms with Crippen LogP contribution in [0.1, 0.15) is 12.5 Å².